The number of allylic oxidation sites excluding steroid dienone is 4. The van der Waals surface area contributed by atoms with E-state index >= 15 is 0 Å². The molecule has 0 spiro atoms. The molecule has 1 unspecified atom stereocenters. The molecule has 0 rings (SSSR count). The molecule has 0 fully saturated rings. The lowest BCUT2D eigenvalue weighted by Crippen LogP contribution is -2.37. The van der Waals surface area contributed by atoms with Crippen LogP contribution in [0.1, 0.15) is 162 Å². The molecule has 0 aromatic heterocycles. The molecule has 0 aromatic carbocycles. The van der Waals surface area contributed by atoms with Crippen molar-refractivity contribution in [3.63, 3.8) is 0 Å². The van der Waals surface area contributed by atoms with Gasteiger partial charge in [-0.1, -0.05) is 109 Å². The van der Waals surface area contributed by atoms with Crippen LogP contribution in [0.15, 0.2) is 24.3 Å². The summed E-state index contributed by atoms with van der Waals surface area (Å²) in [4.78, 5) is 35.1. The number of likely N-dealkylation sites (N-methyl/N-ethyl adjacent to an activating group) is 1. The van der Waals surface area contributed by atoms with Crippen molar-refractivity contribution in [1.82, 2.24) is 0 Å². The van der Waals surface area contributed by atoms with Gasteiger partial charge in [0.15, 0.2) is 6.10 Å². The van der Waals surface area contributed by atoms with Crippen molar-refractivity contribution in [3.8, 4) is 0 Å². The van der Waals surface area contributed by atoms with Crippen molar-refractivity contribution in [1.29, 1.82) is 0 Å². The zero-order chi connectivity index (χ0) is 36.5. The second-order valence-electron chi connectivity index (χ2n) is 14.3. The summed E-state index contributed by atoms with van der Waals surface area (Å²) in [5.41, 5.74) is 0. The zero-order valence-corrected chi connectivity index (χ0v) is 33.1. The molecule has 0 saturated heterocycles. The number of quaternary nitrogens is 1. The molecule has 1 N–H and O–H groups in total. The molecular formula is C39H75NO8P+. The molecule has 10 heteroatoms. The second-order valence-corrected chi connectivity index (χ2v) is 15.8. The second kappa shape index (κ2) is 32.4. The van der Waals surface area contributed by atoms with E-state index in [1.807, 2.05) is 21.1 Å². The van der Waals surface area contributed by atoms with Crippen LogP contribution in [0.2, 0.25) is 0 Å². The molecule has 0 aliphatic carbocycles. The Morgan fingerprint density at radius 1 is 0.612 bits per heavy atom. The van der Waals surface area contributed by atoms with Crippen molar-refractivity contribution in [2.24, 2.45) is 0 Å². The number of phosphoric acid groups is 1. The molecule has 9 nitrogen and oxygen atoms in total. The number of carbonyl (C=O) groups excluding carboxylic acids is 2. The van der Waals surface area contributed by atoms with Gasteiger partial charge in [0.2, 0.25) is 0 Å². The normalized spacial score (nSPS) is 14.0. The maximum absolute atomic E-state index is 12.6. The van der Waals surface area contributed by atoms with Crippen LogP contribution in [0.5, 0.6) is 0 Å². The molecular weight excluding hydrogens is 641 g/mol. The highest BCUT2D eigenvalue weighted by molar-refractivity contribution is 7.47. The maximum atomic E-state index is 12.6. The van der Waals surface area contributed by atoms with Gasteiger partial charge in [-0.15, -0.1) is 0 Å². The number of phosphoric ester groups is 1. The van der Waals surface area contributed by atoms with Gasteiger partial charge in [-0.3, -0.25) is 18.6 Å². The summed E-state index contributed by atoms with van der Waals surface area (Å²) in [6, 6.07) is 0. The van der Waals surface area contributed by atoms with Gasteiger partial charge in [0.05, 0.1) is 27.7 Å². The molecule has 0 aliphatic heterocycles. The largest absolute Gasteiger partial charge is 0.472 e. The van der Waals surface area contributed by atoms with Crippen LogP contribution >= 0.6 is 7.82 Å². The standard InChI is InChI=1S/C39H74NO8P/c1-6-8-10-12-14-16-18-20-22-24-26-28-30-32-39(42)48-37(36-47-49(43,44)46-34-33-40(3,4)5)35-45-38(41)31-29-27-25-23-21-19-17-15-13-11-9-7-2/h15,17,20,22,37H,6-14,16,18-19,21,23-36H2,1-5H3/p+1/b17-15+,22-20+/t37-/m1/s1. The first-order chi connectivity index (χ1) is 23.5. The third-order valence-corrected chi connectivity index (χ3v) is 9.19. The van der Waals surface area contributed by atoms with E-state index in [1.54, 1.807) is 0 Å². The van der Waals surface area contributed by atoms with Crippen molar-refractivity contribution in [2.75, 3.05) is 47.5 Å². The number of unbranched alkanes of at least 4 members (excludes halogenated alkanes) is 17. The predicted octanol–water partition coefficient (Wildman–Crippen LogP) is 10.4. The van der Waals surface area contributed by atoms with E-state index in [2.05, 4.69) is 38.2 Å². The minimum absolute atomic E-state index is 0.0285. The minimum Gasteiger partial charge on any atom is -0.462 e. The fraction of sp³-hybridized carbons (Fsp3) is 0.846. The number of rotatable bonds is 35. The third kappa shape index (κ3) is 36.1. The number of nitrogens with zero attached hydrogens (tertiary/aromatic N) is 1. The summed E-state index contributed by atoms with van der Waals surface area (Å²) < 4.78 is 34.1. The number of esters is 2. The summed E-state index contributed by atoms with van der Waals surface area (Å²) in [5, 5.41) is 0. The molecule has 0 saturated carbocycles. The molecule has 0 amide bonds. The van der Waals surface area contributed by atoms with Crippen molar-refractivity contribution in [2.45, 2.75) is 168 Å². The van der Waals surface area contributed by atoms with Crippen molar-refractivity contribution < 1.29 is 42.1 Å². The Balaban J connectivity index is 4.47. The van der Waals surface area contributed by atoms with Crippen molar-refractivity contribution >= 4 is 19.8 Å². The summed E-state index contributed by atoms with van der Waals surface area (Å²) in [6.45, 7) is 4.35. The fourth-order valence-electron chi connectivity index (χ4n) is 5.06. The Labute approximate surface area is 300 Å². The van der Waals surface area contributed by atoms with Crippen molar-refractivity contribution in [3.05, 3.63) is 24.3 Å². The highest BCUT2D eigenvalue weighted by atomic mass is 31.2. The predicted molar refractivity (Wildman–Crippen MR) is 201 cm³/mol. The average molecular weight is 717 g/mol. The van der Waals surface area contributed by atoms with Gasteiger partial charge in [0.1, 0.15) is 19.8 Å². The maximum Gasteiger partial charge on any atom is 0.472 e. The van der Waals surface area contributed by atoms with E-state index in [4.69, 9.17) is 18.5 Å². The monoisotopic (exact) mass is 717 g/mol. The van der Waals surface area contributed by atoms with E-state index in [1.165, 1.54) is 64.2 Å². The quantitative estimate of drug-likeness (QED) is 0.0227. The smallest absolute Gasteiger partial charge is 0.462 e. The lowest BCUT2D eigenvalue weighted by atomic mass is 10.1. The molecule has 0 heterocycles. The third-order valence-electron chi connectivity index (χ3n) is 8.20. The van der Waals surface area contributed by atoms with E-state index in [0.29, 0.717) is 17.4 Å². The fourth-order valence-corrected chi connectivity index (χ4v) is 5.80. The highest BCUT2D eigenvalue weighted by Gasteiger charge is 2.27. The van der Waals surface area contributed by atoms with Gasteiger partial charge >= 0.3 is 19.8 Å². The van der Waals surface area contributed by atoms with Crippen LogP contribution in [-0.2, 0) is 32.7 Å². The first-order valence-electron chi connectivity index (χ1n) is 19.6. The summed E-state index contributed by atoms with van der Waals surface area (Å²) in [5.74, 6) is -0.829. The van der Waals surface area contributed by atoms with Crippen LogP contribution in [0.25, 0.3) is 0 Å². The minimum atomic E-state index is -4.37. The van der Waals surface area contributed by atoms with Crippen LogP contribution < -0.4 is 0 Å². The van der Waals surface area contributed by atoms with Crippen LogP contribution in [0, 0.1) is 0 Å². The van der Waals surface area contributed by atoms with Crippen LogP contribution in [0.3, 0.4) is 0 Å². The molecule has 2 atom stereocenters. The number of carbonyl (C=O) groups is 2. The number of ether oxygens (including phenoxy) is 2. The molecule has 0 bridgehead atoms. The van der Waals surface area contributed by atoms with E-state index < -0.39 is 26.5 Å². The summed E-state index contributed by atoms with van der Waals surface area (Å²) in [6.07, 6.45) is 32.2. The van der Waals surface area contributed by atoms with E-state index in [-0.39, 0.29) is 32.0 Å². The average Bonchev–Trinajstić information content (AvgIpc) is 3.04. The Morgan fingerprint density at radius 3 is 1.57 bits per heavy atom. The van der Waals surface area contributed by atoms with Crippen LogP contribution in [0.4, 0.5) is 0 Å². The number of hydrogen-bond acceptors (Lipinski definition) is 7. The topological polar surface area (TPSA) is 108 Å². The lowest BCUT2D eigenvalue weighted by molar-refractivity contribution is -0.870. The van der Waals surface area contributed by atoms with Gasteiger partial charge in [0, 0.05) is 12.8 Å². The Kier molecular flexibility index (Phi) is 31.4. The van der Waals surface area contributed by atoms with Gasteiger partial charge in [0.25, 0.3) is 0 Å². The molecule has 49 heavy (non-hydrogen) atoms. The summed E-state index contributed by atoms with van der Waals surface area (Å²) in [7, 11) is 1.46. The number of hydrogen-bond donors (Lipinski definition) is 1. The molecule has 288 valence electrons. The zero-order valence-electron chi connectivity index (χ0n) is 32.2. The Hall–Kier alpha value is -1.51. The van der Waals surface area contributed by atoms with Gasteiger partial charge in [-0.25, -0.2) is 4.57 Å². The summed E-state index contributed by atoms with van der Waals surface area (Å²) >= 11 is 0. The Bertz CT molecular complexity index is 902. The van der Waals surface area contributed by atoms with Gasteiger partial charge < -0.3 is 18.9 Å². The molecule has 0 radical (unpaired) electrons. The van der Waals surface area contributed by atoms with Gasteiger partial charge in [-0.2, -0.15) is 0 Å². The lowest BCUT2D eigenvalue weighted by Gasteiger charge is -2.24. The highest BCUT2D eigenvalue weighted by Crippen LogP contribution is 2.43. The van der Waals surface area contributed by atoms with E-state index in [9.17, 15) is 19.0 Å². The molecule has 0 aliphatic rings. The SMILES string of the molecule is CCCCC/C=C/CCCCCCCC(=O)OC[C@H](COP(=O)(O)OCC[N+](C)(C)C)OC(=O)CCCCC/C=C/CCCCCCCC. The Morgan fingerprint density at radius 2 is 1.04 bits per heavy atom. The molecule has 0 aromatic rings. The van der Waals surface area contributed by atoms with Gasteiger partial charge in [-0.05, 0) is 64.2 Å². The van der Waals surface area contributed by atoms with E-state index in [0.717, 1.165) is 64.2 Å². The van der Waals surface area contributed by atoms with Crippen LogP contribution in [-0.4, -0.2) is 74.9 Å². The first-order valence-corrected chi connectivity index (χ1v) is 21.1. The first kappa shape index (κ1) is 47.5.